The first-order chi connectivity index (χ1) is 12.3. The molecule has 0 radical (unpaired) electrons. The van der Waals surface area contributed by atoms with Gasteiger partial charge in [0.1, 0.15) is 11.5 Å². The van der Waals surface area contributed by atoms with Gasteiger partial charge in [-0.15, -0.1) is 0 Å². The van der Waals surface area contributed by atoms with E-state index in [0.717, 1.165) is 0 Å². The van der Waals surface area contributed by atoms with E-state index < -0.39 is 15.1 Å². The van der Waals surface area contributed by atoms with Crippen molar-refractivity contribution in [1.82, 2.24) is 4.90 Å². The van der Waals surface area contributed by atoms with Crippen LogP contribution in [0, 0.1) is 5.92 Å². The summed E-state index contributed by atoms with van der Waals surface area (Å²) < 4.78 is 35.4. The molecule has 26 heavy (non-hydrogen) atoms. The summed E-state index contributed by atoms with van der Waals surface area (Å²) in [4.78, 5) is 14.2. The van der Waals surface area contributed by atoms with Gasteiger partial charge in [-0.25, -0.2) is 13.2 Å². The van der Waals surface area contributed by atoms with E-state index in [0.29, 0.717) is 36.6 Å². The molecule has 1 atom stereocenters. The first-order valence-corrected chi connectivity index (χ1v) is 10.5. The van der Waals surface area contributed by atoms with Gasteiger partial charge in [-0.1, -0.05) is 13.8 Å². The third-order valence-corrected chi connectivity index (χ3v) is 6.92. The summed E-state index contributed by atoms with van der Waals surface area (Å²) in [6.07, 6.45) is 1.28. The van der Waals surface area contributed by atoms with Gasteiger partial charge in [0.15, 0.2) is 9.84 Å². The normalized spacial score (nSPS) is 17.9. The molecule has 1 N–H and O–H groups in total. The molecule has 0 spiro atoms. The third-order valence-electron chi connectivity index (χ3n) is 4.39. The van der Waals surface area contributed by atoms with E-state index in [-0.39, 0.29) is 24.2 Å². The molecule has 1 aliphatic heterocycles. The molecule has 146 valence electrons. The van der Waals surface area contributed by atoms with Gasteiger partial charge in [0.05, 0.1) is 30.9 Å². The molecule has 1 fully saturated rings. The van der Waals surface area contributed by atoms with Crippen LogP contribution in [0.2, 0.25) is 0 Å². The summed E-state index contributed by atoms with van der Waals surface area (Å²) in [6.45, 7) is 4.54. The van der Waals surface area contributed by atoms with Crippen LogP contribution < -0.4 is 14.8 Å². The standard InChI is InChI=1S/C18H28N2O5S/c1-13(2)12-26(22,23)15-6-5-9-20(11-15)18(21)19-16-8-7-14(24-3)10-17(16)25-4/h7-8,10,13,15H,5-6,9,11-12H2,1-4H3,(H,19,21). The summed E-state index contributed by atoms with van der Waals surface area (Å²) >= 11 is 0. The number of ether oxygens (including phenoxy) is 2. The van der Waals surface area contributed by atoms with Gasteiger partial charge < -0.3 is 19.7 Å². The molecule has 1 aromatic carbocycles. The maximum Gasteiger partial charge on any atom is 0.321 e. The van der Waals surface area contributed by atoms with Crippen LogP contribution in [0.4, 0.5) is 10.5 Å². The minimum atomic E-state index is -3.21. The second-order valence-corrected chi connectivity index (χ2v) is 9.26. The fourth-order valence-corrected chi connectivity index (χ4v) is 5.25. The molecule has 1 aromatic rings. The number of piperidine rings is 1. The van der Waals surface area contributed by atoms with Crippen molar-refractivity contribution in [2.45, 2.75) is 31.9 Å². The summed E-state index contributed by atoms with van der Waals surface area (Å²) in [5.41, 5.74) is 0.519. The Labute approximate surface area is 155 Å². The first-order valence-electron chi connectivity index (χ1n) is 8.76. The zero-order chi connectivity index (χ0) is 19.3. The van der Waals surface area contributed by atoms with Crippen molar-refractivity contribution in [1.29, 1.82) is 0 Å². The highest BCUT2D eigenvalue weighted by Crippen LogP contribution is 2.29. The molecule has 2 amide bonds. The van der Waals surface area contributed by atoms with Crippen molar-refractivity contribution >= 4 is 21.6 Å². The quantitative estimate of drug-likeness (QED) is 0.815. The molecule has 0 bridgehead atoms. The number of anilines is 1. The maximum atomic E-state index is 12.6. The maximum absolute atomic E-state index is 12.6. The Morgan fingerprint density at radius 1 is 1.31 bits per heavy atom. The number of carbonyl (C=O) groups is 1. The lowest BCUT2D eigenvalue weighted by atomic mass is 10.1. The van der Waals surface area contributed by atoms with Gasteiger partial charge in [0.2, 0.25) is 0 Å². The van der Waals surface area contributed by atoms with Gasteiger partial charge in [-0.2, -0.15) is 0 Å². The Morgan fingerprint density at radius 3 is 2.65 bits per heavy atom. The van der Waals surface area contributed by atoms with Gasteiger partial charge in [-0.05, 0) is 30.9 Å². The molecule has 1 unspecified atom stereocenters. The van der Waals surface area contributed by atoms with Gasteiger partial charge in [0.25, 0.3) is 0 Å². The van der Waals surface area contributed by atoms with E-state index in [4.69, 9.17) is 9.47 Å². The molecule has 0 aliphatic carbocycles. The predicted molar refractivity (Wildman–Crippen MR) is 102 cm³/mol. The van der Waals surface area contributed by atoms with Crippen molar-refractivity contribution in [3.63, 3.8) is 0 Å². The smallest absolute Gasteiger partial charge is 0.321 e. The van der Waals surface area contributed by atoms with Crippen LogP contribution in [0.1, 0.15) is 26.7 Å². The molecule has 2 rings (SSSR count). The molecular formula is C18H28N2O5S. The number of nitrogens with zero attached hydrogens (tertiary/aromatic N) is 1. The lowest BCUT2D eigenvalue weighted by Gasteiger charge is -2.33. The number of nitrogens with one attached hydrogen (secondary N) is 1. The zero-order valence-corrected chi connectivity index (χ0v) is 16.6. The van der Waals surface area contributed by atoms with E-state index in [1.807, 2.05) is 13.8 Å². The number of urea groups is 1. The number of rotatable bonds is 6. The predicted octanol–water partition coefficient (Wildman–Crippen LogP) is 2.77. The number of hydrogen-bond donors (Lipinski definition) is 1. The fraction of sp³-hybridized carbons (Fsp3) is 0.611. The molecule has 1 saturated heterocycles. The van der Waals surface area contributed by atoms with Crippen molar-refractivity contribution in [2.24, 2.45) is 5.92 Å². The lowest BCUT2D eigenvalue weighted by molar-refractivity contribution is 0.200. The average molecular weight is 384 g/mol. The summed E-state index contributed by atoms with van der Waals surface area (Å²) in [6, 6.07) is 4.79. The number of benzene rings is 1. The topological polar surface area (TPSA) is 84.9 Å². The highest BCUT2D eigenvalue weighted by Gasteiger charge is 2.33. The molecule has 1 aliphatic rings. The zero-order valence-electron chi connectivity index (χ0n) is 15.8. The van der Waals surface area contributed by atoms with E-state index in [1.54, 1.807) is 30.2 Å². The van der Waals surface area contributed by atoms with Crippen LogP contribution in [-0.2, 0) is 9.84 Å². The summed E-state index contributed by atoms with van der Waals surface area (Å²) in [7, 11) is -0.139. The van der Waals surface area contributed by atoms with Crippen LogP contribution in [0.15, 0.2) is 18.2 Å². The Balaban J connectivity index is 2.08. The Bertz CT molecular complexity index is 733. The van der Waals surface area contributed by atoms with Crippen molar-refractivity contribution < 1.29 is 22.7 Å². The molecular weight excluding hydrogens is 356 g/mol. The monoisotopic (exact) mass is 384 g/mol. The van der Waals surface area contributed by atoms with Crippen LogP contribution in [0.5, 0.6) is 11.5 Å². The second-order valence-electron chi connectivity index (χ2n) is 6.93. The van der Waals surface area contributed by atoms with Crippen LogP contribution in [0.25, 0.3) is 0 Å². The molecule has 7 nitrogen and oxygen atoms in total. The average Bonchev–Trinajstić information content (AvgIpc) is 2.61. The summed E-state index contributed by atoms with van der Waals surface area (Å²) in [5.74, 6) is 1.34. The largest absolute Gasteiger partial charge is 0.497 e. The Hall–Kier alpha value is -1.96. The first kappa shape index (κ1) is 20.4. The SMILES string of the molecule is COc1ccc(NC(=O)N2CCCC(S(=O)(=O)CC(C)C)C2)c(OC)c1. The number of sulfone groups is 1. The van der Waals surface area contributed by atoms with Crippen LogP contribution >= 0.6 is 0 Å². The third kappa shape index (κ3) is 5.03. The van der Waals surface area contributed by atoms with Crippen molar-refractivity contribution in [2.75, 3.05) is 38.4 Å². The Kier molecular flexibility index (Phi) is 6.75. The van der Waals surface area contributed by atoms with Crippen molar-refractivity contribution in [3.8, 4) is 11.5 Å². The summed E-state index contributed by atoms with van der Waals surface area (Å²) in [5, 5.41) is 2.31. The van der Waals surface area contributed by atoms with Gasteiger partial charge >= 0.3 is 6.03 Å². The van der Waals surface area contributed by atoms with Crippen LogP contribution in [0.3, 0.4) is 0 Å². The van der Waals surface area contributed by atoms with Gasteiger partial charge in [-0.3, -0.25) is 0 Å². The van der Waals surface area contributed by atoms with E-state index in [2.05, 4.69) is 5.32 Å². The molecule has 0 aromatic heterocycles. The Morgan fingerprint density at radius 2 is 2.04 bits per heavy atom. The van der Waals surface area contributed by atoms with E-state index in [9.17, 15) is 13.2 Å². The number of carbonyl (C=O) groups excluding carboxylic acids is 1. The van der Waals surface area contributed by atoms with E-state index in [1.165, 1.54) is 7.11 Å². The second kappa shape index (κ2) is 8.62. The number of hydrogen-bond acceptors (Lipinski definition) is 5. The molecule has 1 heterocycles. The van der Waals surface area contributed by atoms with Gasteiger partial charge in [0, 0.05) is 19.2 Å². The van der Waals surface area contributed by atoms with Crippen molar-refractivity contribution in [3.05, 3.63) is 18.2 Å². The minimum absolute atomic E-state index is 0.0766. The number of likely N-dealkylation sites (tertiary alicyclic amines) is 1. The number of amides is 2. The number of methoxy groups -OCH3 is 2. The van der Waals surface area contributed by atoms with Crippen LogP contribution in [-0.4, -0.2) is 57.7 Å². The highest BCUT2D eigenvalue weighted by molar-refractivity contribution is 7.92. The minimum Gasteiger partial charge on any atom is -0.497 e. The van der Waals surface area contributed by atoms with E-state index >= 15 is 0 Å². The highest BCUT2D eigenvalue weighted by atomic mass is 32.2. The molecule has 0 saturated carbocycles. The lowest BCUT2D eigenvalue weighted by Crippen LogP contribution is -2.47. The molecule has 8 heteroatoms. The fourth-order valence-electron chi connectivity index (χ4n) is 3.11.